The van der Waals surface area contributed by atoms with Crippen LogP contribution in [0.4, 0.5) is 15.8 Å². The average molecular weight is 507 g/mol. The van der Waals surface area contributed by atoms with Gasteiger partial charge >= 0.3 is 0 Å². The van der Waals surface area contributed by atoms with Crippen LogP contribution >= 0.6 is 28.1 Å². The SMILES string of the molecule is CC(=O)NCCN1C(=S)N(c2ccc(F)cc2)C(=O)[C@@H]1CC(=O)Nc1ccc(Br)cc1. The normalized spacial score (nSPS) is 15.9. The summed E-state index contributed by atoms with van der Waals surface area (Å²) < 4.78 is 14.2. The van der Waals surface area contributed by atoms with E-state index in [-0.39, 0.29) is 42.3 Å². The molecule has 1 atom stereocenters. The highest BCUT2D eigenvalue weighted by Gasteiger charge is 2.43. The fraction of sp³-hybridized carbons (Fsp3) is 0.238. The Balaban J connectivity index is 1.79. The standard InChI is InChI=1S/C21H20BrFN4O3S/c1-13(28)24-10-11-26-18(12-19(29)25-16-6-2-14(22)3-7-16)20(30)27(21(26)31)17-8-4-15(23)5-9-17/h2-9,18H,10-12H2,1H3,(H,24,28)(H,25,29)/t18-/m0/s1. The van der Waals surface area contributed by atoms with Crippen LogP contribution in [0.15, 0.2) is 53.0 Å². The van der Waals surface area contributed by atoms with Crippen molar-refractivity contribution >= 4 is 62.4 Å². The van der Waals surface area contributed by atoms with Gasteiger partial charge in [-0.05, 0) is 60.7 Å². The number of hydrogen-bond acceptors (Lipinski definition) is 4. The van der Waals surface area contributed by atoms with Gasteiger partial charge in [0.25, 0.3) is 5.91 Å². The van der Waals surface area contributed by atoms with E-state index < -0.39 is 11.9 Å². The summed E-state index contributed by atoms with van der Waals surface area (Å²) in [6, 6.07) is 11.6. The minimum absolute atomic E-state index is 0.132. The highest BCUT2D eigenvalue weighted by molar-refractivity contribution is 9.10. The second-order valence-corrected chi connectivity index (χ2v) is 8.16. The number of nitrogens with zero attached hydrogens (tertiary/aromatic N) is 2. The Labute approximate surface area is 192 Å². The smallest absolute Gasteiger partial charge is 0.256 e. The van der Waals surface area contributed by atoms with E-state index >= 15 is 0 Å². The molecule has 1 saturated heterocycles. The quantitative estimate of drug-likeness (QED) is 0.564. The predicted molar refractivity (Wildman–Crippen MR) is 123 cm³/mol. The molecule has 0 aromatic heterocycles. The van der Waals surface area contributed by atoms with Crippen LogP contribution < -0.4 is 15.5 Å². The molecule has 3 amide bonds. The molecule has 2 N–H and O–H groups in total. The van der Waals surface area contributed by atoms with Gasteiger partial charge in [0.2, 0.25) is 11.8 Å². The molecular formula is C21H20BrFN4O3S. The first-order valence-electron chi connectivity index (χ1n) is 9.46. The first-order chi connectivity index (χ1) is 14.8. The molecule has 1 aliphatic rings. The van der Waals surface area contributed by atoms with Crippen molar-refractivity contribution in [2.45, 2.75) is 19.4 Å². The summed E-state index contributed by atoms with van der Waals surface area (Å²) in [6.45, 7) is 1.89. The number of hydrogen-bond donors (Lipinski definition) is 2. The van der Waals surface area contributed by atoms with Crippen LogP contribution in [0.2, 0.25) is 0 Å². The van der Waals surface area contributed by atoms with Crippen molar-refractivity contribution in [2.75, 3.05) is 23.3 Å². The minimum Gasteiger partial charge on any atom is -0.355 e. The van der Waals surface area contributed by atoms with Gasteiger partial charge in [-0.2, -0.15) is 0 Å². The van der Waals surface area contributed by atoms with Crippen LogP contribution in [0.5, 0.6) is 0 Å². The van der Waals surface area contributed by atoms with Crippen molar-refractivity contribution in [3.8, 4) is 0 Å². The molecule has 3 rings (SSSR count). The Morgan fingerprint density at radius 2 is 1.77 bits per heavy atom. The van der Waals surface area contributed by atoms with Gasteiger partial charge in [-0.15, -0.1) is 0 Å². The van der Waals surface area contributed by atoms with E-state index in [1.807, 2.05) is 0 Å². The van der Waals surface area contributed by atoms with E-state index in [1.165, 1.54) is 36.1 Å². The lowest BCUT2D eigenvalue weighted by Crippen LogP contribution is -2.42. The Morgan fingerprint density at radius 3 is 2.39 bits per heavy atom. The molecule has 1 fully saturated rings. The summed E-state index contributed by atoms with van der Waals surface area (Å²) >= 11 is 8.83. The topological polar surface area (TPSA) is 81.8 Å². The fourth-order valence-electron chi connectivity index (χ4n) is 3.19. The Morgan fingerprint density at radius 1 is 1.13 bits per heavy atom. The first kappa shape index (κ1) is 22.8. The van der Waals surface area contributed by atoms with Crippen molar-refractivity contribution in [3.05, 3.63) is 58.8 Å². The van der Waals surface area contributed by atoms with Crippen LogP contribution in [0.25, 0.3) is 0 Å². The molecule has 1 aliphatic heterocycles. The van der Waals surface area contributed by atoms with Gasteiger partial charge in [0.15, 0.2) is 5.11 Å². The number of amides is 3. The third kappa shape index (κ3) is 5.65. The molecule has 10 heteroatoms. The van der Waals surface area contributed by atoms with Gasteiger partial charge < -0.3 is 15.5 Å². The third-order valence-electron chi connectivity index (χ3n) is 4.64. The van der Waals surface area contributed by atoms with Gasteiger partial charge in [0, 0.05) is 30.2 Å². The number of benzene rings is 2. The summed E-state index contributed by atoms with van der Waals surface area (Å²) in [7, 11) is 0. The van der Waals surface area contributed by atoms with E-state index in [0.717, 1.165) is 4.47 Å². The van der Waals surface area contributed by atoms with E-state index in [0.29, 0.717) is 11.4 Å². The lowest BCUT2D eigenvalue weighted by Gasteiger charge is -2.24. The first-order valence-corrected chi connectivity index (χ1v) is 10.7. The lowest BCUT2D eigenvalue weighted by atomic mass is 10.1. The Hall–Kier alpha value is -2.85. The van der Waals surface area contributed by atoms with Crippen LogP contribution in [0.1, 0.15) is 13.3 Å². The molecule has 0 aliphatic carbocycles. The molecule has 0 unspecified atom stereocenters. The summed E-state index contributed by atoms with van der Waals surface area (Å²) in [5.41, 5.74) is 1.01. The molecule has 1 heterocycles. The Kier molecular flexibility index (Phi) is 7.34. The monoisotopic (exact) mass is 506 g/mol. The van der Waals surface area contributed by atoms with Crippen LogP contribution in [-0.4, -0.2) is 46.9 Å². The maximum atomic E-state index is 13.3. The van der Waals surface area contributed by atoms with E-state index in [2.05, 4.69) is 26.6 Å². The second kappa shape index (κ2) is 9.97. The molecule has 0 radical (unpaired) electrons. The van der Waals surface area contributed by atoms with Gasteiger partial charge in [0.05, 0.1) is 12.1 Å². The van der Waals surface area contributed by atoms with E-state index in [4.69, 9.17) is 12.2 Å². The van der Waals surface area contributed by atoms with E-state index in [9.17, 15) is 18.8 Å². The van der Waals surface area contributed by atoms with E-state index in [1.54, 1.807) is 29.2 Å². The molecule has 2 aromatic carbocycles. The van der Waals surface area contributed by atoms with Crippen molar-refractivity contribution in [3.63, 3.8) is 0 Å². The summed E-state index contributed by atoms with van der Waals surface area (Å²) in [5.74, 6) is -1.38. The van der Waals surface area contributed by atoms with Crippen LogP contribution in [-0.2, 0) is 14.4 Å². The Bertz CT molecular complexity index is 1000. The summed E-state index contributed by atoms with van der Waals surface area (Å²) in [4.78, 5) is 39.9. The largest absolute Gasteiger partial charge is 0.355 e. The predicted octanol–water partition coefficient (Wildman–Crippen LogP) is 3.06. The zero-order valence-corrected chi connectivity index (χ0v) is 19.0. The molecule has 7 nitrogen and oxygen atoms in total. The van der Waals surface area contributed by atoms with Crippen LogP contribution in [0.3, 0.4) is 0 Å². The van der Waals surface area contributed by atoms with Crippen LogP contribution in [0, 0.1) is 5.82 Å². The molecule has 0 bridgehead atoms. The highest BCUT2D eigenvalue weighted by atomic mass is 79.9. The summed E-state index contributed by atoms with van der Waals surface area (Å²) in [5, 5.41) is 5.63. The van der Waals surface area contributed by atoms with Crippen molar-refractivity contribution in [2.24, 2.45) is 0 Å². The number of rotatable bonds is 7. The van der Waals surface area contributed by atoms with Gasteiger partial charge in [0.1, 0.15) is 11.9 Å². The van der Waals surface area contributed by atoms with Gasteiger partial charge in [-0.3, -0.25) is 19.3 Å². The number of carbonyl (C=O) groups is 3. The molecule has 0 saturated carbocycles. The summed E-state index contributed by atoms with van der Waals surface area (Å²) in [6.07, 6.45) is -0.132. The number of thiocarbonyl (C=S) groups is 1. The number of halogens is 2. The molecule has 31 heavy (non-hydrogen) atoms. The third-order valence-corrected chi connectivity index (χ3v) is 5.58. The van der Waals surface area contributed by atoms with Crippen molar-refractivity contribution < 1.29 is 18.8 Å². The number of anilines is 2. The number of carbonyl (C=O) groups excluding carboxylic acids is 3. The zero-order chi connectivity index (χ0) is 22.5. The van der Waals surface area contributed by atoms with Gasteiger partial charge in [-0.1, -0.05) is 15.9 Å². The average Bonchev–Trinajstić information content (AvgIpc) is 2.94. The van der Waals surface area contributed by atoms with Crippen molar-refractivity contribution in [1.29, 1.82) is 0 Å². The van der Waals surface area contributed by atoms with Gasteiger partial charge in [-0.25, -0.2) is 4.39 Å². The molecule has 0 spiro atoms. The lowest BCUT2D eigenvalue weighted by molar-refractivity contribution is -0.124. The molecule has 2 aromatic rings. The maximum Gasteiger partial charge on any atom is 0.256 e. The molecular weight excluding hydrogens is 487 g/mol. The second-order valence-electron chi connectivity index (χ2n) is 6.88. The maximum absolute atomic E-state index is 13.3. The zero-order valence-electron chi connectivity index (χ0n) is 16.6. The fourth-order valence-corrected chi connectivity index (χ4v) is 3.87. The number of nitrogens with one attached hydrogen (secondary N) is 2. The van der Waals surface area contributed by atoms with Crippen molar-refractivity contribution in [1.82, 2.24) is 10.2 Å². The minimum atomic E-state index is -0.846. The highest BCUT2D eigenvalue weighted by Crippen LogP contribution is 2.27. The molecule has 162 valence electrons.